The third-order valence-electron chi connectivity index (χ3n) is 2.08. The highest BCUT2D eigenvalue weighted by molar-refractivity contribution is 5.76. The van der Waals surface area contributed by atoms with Crippen molar-refractivity contribution in [2.75, 3.05) is 20.1 Å². The van der Waals surface area contributed by atoms with Crippen LogP contribution in [-0.4, -0.2) is 30.9 Å². The molecule has 0 fully saturated rings. The minimum Gasteiger partial charge on any atom is -0.388 e. The van der Waals surface area contributed by atoms with E-state index in [1.54, 1.807) is 0 Å². The van der Waals surface area contributed by atoms with E-state index in [9.17, 15) is 0 Å². The van der Waals surface area contributed by atoms with Gasteiger partial charge in [-0.3, -0.25) is 5.41 Å². The SMILES string of the molecule is CCC(C)CN(C)CCC(=N)N. The summed E-state index contributed by atoms with van der Waals surface area (Å²) in [5, 5.41) is 7.07. The lowest BCUT2D eigenvalue weighted by molar-refractivity contribution is 0.289. The molecule has 3 heteroatoms. The summed E-state index contributed by atoms with van der Waals surface area (Å²) in [7, 11) is 2.08. The van der Waals surface area contributed by atoms with Gasteiger partial charge in [0.2, 0.25) is 0 Å². The van der Waals surface area contributed by atoms with E-state index in [2.05, 4.69) is 25.8 Å². The van der Waals surface area contributed by atoms with E-state index in [-0.39, 0.29) is 5.84 Å². The Bertz CT molecular complexity index is 134. The second-order valence-corrected chi connectivity index (χ2v) is 3.55. The lowest BCUT2D eigenvalue weighted by Gasteiger charge is -2.19. The molecule has 0 saturated carbocycles. The van der Waals surface area contributed by atoms with Gasteiger partial charge in [-0.1, -0.05) is 20.3 Å². The standard InChI is InChI=1S/C9H21N3/c1-4-8(2)7-12(3)6-5-9(10)11/h8H,4-7H2,1-3H3,(H3,10,11). The van der Waals surface area contributed by atoms with Crippen molar-refractivity contribution in [2.45, 2.75) is 26.7 Å². The zero-order valence-electron chi connectivity index (χ0n) is 8.43. The van der Waals surface area contributed by atoms with Crippen molar-refractivity contribution in [1.82, 2.24) is 4.90 Å². The van der Waals surface area contributed by atoms with Gasteiger partial charge in [0.15, 0.2) is 0 Å². The van der Waals surface area contributed by atoms with Crippen LogP contribution in [-0.2, 0) is 0 Å². The summed E-state index contributed by atoms with van der Waals surface area (Å²) in [6.45, 7) is 6.44. The van der Waals surface area contributed by atoms with Gasteiger partial charge in [0.1, 0.15) is 0 Å². The van der Waals surface area contributed by atoms with Crippen LogP contribution in [0.2, 0.25) is 0 Å². The van der Waals surface area contributed by atoms with E-state index >= 15 is 0 Å². The molecule has 1 unspecified atom stereocenters. The molecule has 0 aromatic heterocycles. The van der Waals surface area contributed by atoms with Crippen LogP contribution in [0.3, 0.4) is 0 Å². The van der Waals surface area contributed by atoms with E-state index in [0.717, 1.165) is 19.0 Å². The summed E-state index contributed by atoms with van der Waals surface area (Å²) < 4.78 is 0. The molecule has 0 aromatic carbocycles. The quantitative estimate of drug-likeness (QED) is 0.467. The van der Waals surface area contributed by atoms with Crippen molar-refractivity contribution < 1.29 is 0 Å². The maximum Gasteiger partial charge on any atom is 0.0918 e. The fraction of sp³-hybridized carbons (Fsp3) is 0.889. The van der Waals surface area contributed by atoms with Gasteiger partial charge in [-0.05, 0) is 13.0 Å². The van der Waals surface area contributed by atoms with E-state index < -0.39 is 0 Å². The van der Waals surface area contributed by atoms with Crippen LogP contribution >= 0.6 is 0 Å². The molecule has 0 saturated heterocycles. The number of nitrogens with two attached hydrogens (primary N) is 1. The number of hydrogen-bond acceptors (Lipinski definition) is 2. The number of amidine groups is 1. The van der Waals surface area contributed by atoms with Gasteiger partial charge in [-0.15, -0.1) is 0 Å². The molecular weight excluding hydrogens is 150 g/mol. The van der Waals surface area contributed by atoms with Crippen LogP contribution in [0.15, 0.2) is 0 Å². The number of nitrogens with zero attached hydrogens (tertiary/aromatic N) is 1. The Morgan fingerprint density at radius 3 is 2.58 bits per heavy atom. The highest BCUT2D eigenvalue weighted by Gasteiger charge is 2.03. The third kappa shape index (κ3) is 6.16. The van der Waals surface area contributed by atoms with Gasteiger partial charge in [0, 0.05) is 19.5 Å². The molecule has 0 aromatic rings. The van der Waals surface area contributed by atoms with Gasteiger partial charge in [0.05, 0.1) is 5.84 Å². The molecule has 0 spiro atoms. The van der Waals surface area contributed by atoms with Crippen LogP contribution in [0.25, 0.3) is 0 Å². The highest BCUT2D eigenvalue weighted by atomic mass is 15.1. The van der Waals surface area contributed by atoms with Crippen molar-refractivity contribution >= 4 is 5.84 Å². The predicted molar refractivity (Wildman–Crippen MR) is 53.5 cm³/mol. The molecule has 0 bridgehead atoms. The summed E-state index contributed by atoms with van der Waals surface area (Å²) >= 11 is 0. The van der Waals surface area contributed by atoms with Gasteiger partial charge in [0.25, 0.3) is 0 Å². The maximum absolute atomic E-state index is 7.07. The van der Waals surface area contributed by atoms with Crippen LogP contribution in [0.5, 0.6) is 0 Å². The number of hydrogen-bond donors (Lipinski definition) is 2. The summed E-state index contributed by atoms with van der Waals surface area (Å²) in [5.74, 6) is 1.02. The van der Waals surface area contributed by atoms with Crippen LogP contribution < -0.4 is 5.73 Å². The topological polar surface area (TPSA) is 53.1 Å². The normalized spacial score (nSPS) is 13.3. The predicted octanol–water partition coefficient (Wildman–Crippen LogP) is 1.29. The second-order valence-electron chi connectivity index (χ2n) is 3.55. The molecule has 72 valence electrons. The van der Waals surface area contributed by atoms with Gasteiger partial charge < -0.3 is 10.6 Å². The average molecular weight is 171 g/mol. The molecule has 0 aliphatic heterocycles. The van der Waals surface area contributed by atoms with Gasteiger partial charge in [-0.25, -0.2) is 0 Å². The molecule has 0 rings (SSSR count). The molecule has 0 aliphatic carbocycles. The Morgan fingerprint density at radius 2 is 2.17 bits per heavy atom. The first-order valence-corrected chi connectivity index (χ1v) is 4.57. The van der Waals surface area contributed by atoms with E-state index in [1.807, 2.05) is 0 Å². The number of rotatable bonds is 6. The summed E-state index contributed by atoms with van der Waals surface area (Å²) in [4.78, 5) is 2.23. The zero-order chi connectivity index (χ0) is 9.56. The van der Waals surface area contributed by atoms with E-state index in [0.29, 0.717) is 6.42 Å². The maximum atomic E-state index is 7.07. The lowest BCUT2D eigenvalue weighted by atomic mass is 10.1. The molecule has 0 radical (unpaired) electrons. The third-order valence-corrected chi connectivity index (χ3v) is 2.08. The molecule has 0 amide bonds. The first-order chi connectivity index (χ1) is 5.56. The summed E-state index contributed by atoms with van der Waals surface area (Å²) in [6.07, 6.45) is 1.90. The van der Waals surface area contributed by atoms with E-state index in [4.69, 9.17) is 11.1 Å². The average Bonchev–Trinajstić information content (AvgIpc) is 2.00. The van der Waals surface area contributed by atoms with Crippen molar-refractivity contribution in [3.8, 4) is 0 Å². The van der Waals surface area contributed by atoms with E-state index in [1.165, 1.54) is 6.42 Å². The molecular formula is C9H21N3. The minimum atomic E-state index is 0.283. The second kappa shape index (κ2) is 6.00. The monoisotopic (exact) mass is 171 g/mol. The van der Waals surface area contributed by atoms with Crippen molar-refractivity contribution in [3.63, 3.8) is 0 Å². The Labute approximate surface area is 75.4 Å². The van der Waals surface area contributed by atoms with Crippen LogP contribution in [0.1, 0.15) is 26.7 Å². The van der Waals surface area contributed by atoms with Crippen molar-refractivity contribution in [3.05, 3.63) is 0 Å². The molecule has 3 nitrogen and oxygen atoms in total. The molecule has 12 heavy (non-hydrogen) atoms. The first-order valence-electron chi connectivity index (χ1n) is 4.57. The van der Waals surface area contributed by atoms with Crippen LogP contribution in [0, 0.1) is 11.3 Å². The first kappa shape index (κ1) is 11.4. The van der Waals surface area contributed by atoms with Gasteiger partial charge >= 0.3 is 0 Å². The number of nitrogens with one attached hydrogen (secondary N) is 1. The fourth-order valence-corrected chi connectivity index (χ4v) is 1.06. The lowest BCUT2D eigenvalue weighted by Crippen LogP contribution is -2.28. The largest absolute Gasteiger partial charge is 0.388 e. The van der Waals surface area contributed by atoms with Gasteiger partial charge in [-0.2, -0.15) is 0 Å². The Balaban J connectivity index is 3.45. The molecule has 0 heterocycles. The molecule has 1 atom stereocenters. The smallest absolute Gasteiger partial charge is 0.0918 e. The Morgan fingerprint density at radius 1 is 1.58 bits per heavy atom. The van der Waals surface area contributed by atoms with Crippen molar-refractivity contribution in [2.24, 2.45) is 11.7 Å². The van der Waals surface area contributed by atoms with Crippen molar-refractivity contribution in [1.29, 1.82) is 5.41 Å². The molecule has 3 N–H and O–H groups in total. The molecule has 0 aliphatic rings. The Kier molecular flexibility index (Phi) is 5.72. The van der Waals surface area contributed by atoms with Crippen LogP contribution in [0.4, 0.5) is 0 Å². The summed E-state index contributed by atoms with van der Waals surface area (Å²) in [6, 6.07) is 0. The highest BCUT2D eigenvalue weighted by Crippen LogP contribution is 2.02. The fourth-order valence-electron chi connectivity index (χ4n) is 1.06. The summed E-state index contributed by atoms with van der Waals surface area (Å²) in [5.41, 5.74) is 5.26. The minimum absolute atomic E-state index is 0.283. The zero-order valence-corrected chi connectivity index (χ0v) is 8.43. The Hall–Kier alpha value is -0.570.